The molecular formula is C27H38O10. The molecule has 2 heterocycles. The molecule has 3 rings (SSSR count). The molecule has 8 atom stereocenters. The molecule has 0 aliphatic carbocycles. The minimum Gasteiger partial charge on any atom is -0.494 e. The van der Waals surface area contributed by atoms with E-state index in [1.54, 1.807) is 31.2 Å². The molecule has 1 aromatic rings. The van der Waals surface area contributed by atoms with Crippen molar-refractivity contribution in [1.82, 2.24) is 0 Å². The van der Waals surface area contributed by atoms with Crippen molar-refractivity contribution in [2.45, 2.75) is 82.6 Å². The monoisotopic (exact) mass is 522 g/mol. The van der Waals surface area contributed by atoms with E-state index in [0.29, 0.717) is 30.8 Å². The van der Waals surface area contributed by atoms with Crippen molar-refractivity contribution in [2.24, 2.45) is 11.8 Å². The van der Waals surface area contributed by atoms with Gasteiger partial charge < -0.3 is 34.3 Å². The van der Waals surface area contributed by atoms with Crippen LogP contribution in [0.15, 0.2) is 24.3 Å². The number of epoxide rings is 1. The predicted molar refractivity (Wildman–Crippen MR) is 131 cm³/mol. The van der Waals surface area contributed by atoms with Gasteiger partial charge in [-0.3, -0.25) is 14.4 Å². The Morgan fingerprint density at radius 1 is 1.08 bits per heavy atom. The maximum Gasteiger partial charge on any atom is 0.305 e. The third kappa shape index (κ3) is 8.31. The lowest BCUT2D eigenvalue weighted by Gasteiger charge is -2.37. The second-order valence-corrected chi connectivity index (χ2v) is 9.98. The number of aliphatic hydroxyl groups is 3. The third-order valence-corrected chi connectivity index (χ3v) is 7.15. The molecule has 0 unspecified atom stereocenters. The Kier molecular flexibility index (Phi) is 10.6. The molecule has 10 nitrogen and oxygen atoms in total. The number of aliphatic hydroxyl groups excluding tert-OH is 3. The molecule has 2 aliphatic heterocycles. The minimum atomic E-state index is -1.17. The molecule has 2 aliphatic rings. The lowest BCUT2D eigenvalue weighted by Crippen LogP contribution is -2.51. The molecule has 0 bridgehead atoms. The summed E-state index contributed by atoms with van der Waals surface area (Å²) in [6, 6.07) is 6.40. The van der Waals surface area contributed by atoms with Crippen molar-refractivity contribution in [2.75, 3.05) is 20.3 Å². The van der Waals surface area contributed by atoms with Crippen LogP contribution in [0.2, 0.25) is 0 Å². The number of carbonyl (C=O) groups is 3. The first-order chi connectivity index (χ1) is 17.6. The van der Waals surface area contributed by atoms with Crippen molar-refractivity contribution in [3.8, 4) is 5.75 Å². The van der Waals surface area contributed by atoms with Gasteiger partial charge in [-0.25, -0.2) is 0 Å². The number of esters is 1. The smallest absolute Gasteiger partial charge is 0.305 e. The number of benzene rings is 1. The van der Waals surface area contributed by atoms with Gasteiger partial charge in [-0.1, -0.05) is 6.92 Å². The van der Waals surface area contributed by atoms with E-state index in [1.807, 2.05) is 6.92 Å². The molecule has 1 aromatic carbocycles. The summed E-state index contributed by atoms with van der Waals surface area (Å²) in [6.07, 6.45) is -2.96. The van der Waals surface area contributed by atoms with Crippen LogP contribution in [0, 0.1) is 11.8 Å². The second-order valence-electron chi connectivity index (χ2n) is 9.98. The average molecular weight is 523 g/mol. The van der Waals surface area contributed by atoms with Gasteiger partial charge in [-0.05, 0) is 37.6 Å². The van der Waals surface area contributed by atoms with Crippen LogP contribution in [0.5, 0.6) is 5.75 Å². The number of hydrogen-bond donors (Lipinski definition) is 3. The summed E-state index contributed by atoms with van der Waals surface area (Å²) in [7, 11) is 1.33. The molecule has 10 heteroatoms. The van der Waals surface area contributed by atoms with E-state index in [-0.39, 0.29) is 61.5 Å². The van der Waals surface area contributed by atoms with Gasteiger partial charge in [-0.15, -0.1) is 0 Å². The van der Waals surface area contributed by atoms with Gasteiger partial charge in [0.1, 0.15) is 17.6 Å². The maximum atomic E-state index is 12.5. The van der Waals surface area contributed by atoms with E-state index < -0.39 is 30.3 Å². The molecular weight excluding hydrogens is 484 g/mol. The van der Waals surface area contributed by atoms with Gasteiger partial charge in [0.15, 0.2) is 5.78 Å². The largest absolute Gasteiger partial charge is 0.494 e. The highest BCUT2D eigenvalue weighted by Gasteiger charge is 2.48. The highest BCUT2D eigenvalue weighted by molar-refractivity contribution is 6.08. The Labute approximate surface area is 216 Å². The Bertz CT molecular complexity index is 914. The van der Waals surface area contributed by atoms with Gasteiger partial charge in [0.25, 0.3) is 0 Å². The second kappa shape index (κ2) is 13.4. The van der Waals surface area contributed by atoms with Crippen LogP contribution < -0.4 is 4.74 Å². The van der Waals surface area contributed by atoms with Crippen molar-refractivity contribution < 1.29 is 48.7 Å². The topological polar surface area (TPSA) is 152 Å². The van der Waals surface area contributed by atoms with Crippen LogP contribution in [0.25, 0.3) is 0 Å². The Balaban J connectivity index is 1.40. The fraction of sp³-hybridized carbons (Fsp3) is 0.667. The summed E-state index contributed by atoms with van der Waals surface area (Å²) in [5.41, 5.74) is 0.362. The average Bonchev–Trinajstić information content (AvgIpc) is 3.65. The van der Waals surface area contributed by atoms with Crippen LogP contribution in [0.4, 0.5) is 0 Å². The number of hydrogen-bond acceptors (Lipinski definition) is 10. The maximum absolute atomic E-state index is 12.5. The quantitative estimate of drug-likeness (QED) is 0.108. The zero-order valence-electron chi connectivity index (χ0n) is 21.6. The molecule has 3 N–H and O–H groups in total. The fourth-order valence-electron chi connectivity index (χ4n) is 4.53. The highest BCUT2D eigenvalue weighted by Crippen LogP contribution is 2.37. The van der Waals surface area contributed by atoms with E-state index in [0.717, 1.165) is 0 Å². The van der Waals surface area contributed by atoms with Crippen LogP contribution >= 0.6 is 0 Å². The minimum absolute atomic E-state index is 0.0414. The summed E-state index contributed by atoms with van der Waals surface area (Å²) < 4.78 is 21.4. The molecule has 2 fully saturated rings. The van der Waals surface area contributed by atoms with Crippen molar-refractivity contribution >= 4 is 17.5 Å². The first-order valence-corrected chi connectivity index (χ1v) is 12.8. The fourth-order valence-corrected chi connectivity index (χ4v) is 4.53. The zero-order chi connectivity index (χ0) is 27.1. The molecule has 0 aromatic heterocycles. The van der Waals surface area contributed by atoms with Crippen molar-refractivity contribution in [3.63, 3.8) is 0 Å². The van der Waals surface area contributed by atoms with Crippen LogP contribution in [0.1, 0.15) is 56.3 Å². The summed E-state index contributed by atoms with van der Waals surface area (Å²) in [5.74, 6) is -1.11. The van der Waals surface area contributed by atoms with Crippen molar-refractivity contribution in [3.05, 3.63) is 29.8 Å². The van der Waals surface area contributed by atoms with E-state index in [4.69, 9.17) is 14.2 Å². The predicted octanol–water partition coefficient (Wildman–Crippen LogP) is 1.46. The van der Waals surface area contributed by atoms with E-state index in [1.165, 1.54) is 7.11 Å². The number of ether oxygens (including phenoxy) is 4. The lowest BCUT2D eigenvalue weighted by molar-refractivity contribution is -0.170. The Morgan fingerprint density at radius 3 is 2.43 bits per heavy atom. The Hall–Kier alpha value is -2.37. The molecule has 0 saturated carbocycles. The first-order valence-electron chi connectivity index (χ1n) is 12.8. The summed E-state index contributed by atoms with van der Waals surface area (Å²) in [4.78, 5) is 36.2. The van der Waals surface area contributed by atoms with Gasteiger partial charge >= 0.3 is 5.97 Å². The standard InChI is InChI=1S/C27H38O10/c1-15(16(2)28)27-23(37-27)13-22-26(33)25(32)18(14-36-22)11-19(29)12-21(30)17-6-8-20(9-7-17)35-10-4-5-24(31)34-3/h6-9,15-16,18,22-23,25-28,32-33H,4-5,10-14H2,1-3H3/t15-,16-,18-,22-,23-,25+,26-,27-/m0/s1. The third-order valence-electron chi connectivity index (χ3n) is 7.15. The molecule has 0 spiro atoms. The van der Waals surface area contributed by atoms with Gasteiger partial charge in [0.2, 0.25) is 0 Å². The Morgan fingerprint density at radius 2 is 1.78 bits per heavy atom. The molecule has 0 amide bonds. The van der Waals surface area contributed by atoms with Gasteiger partial charge in [0, 0.05) is 36.7 Å². The molecule has 0 radical (unpaired) electrons. The molecule has 2 saturated heterocycles. The summed E-state index contributed by atoms with van der Waals surface area (Å²) in [5, 5.41) is 30.8. The van der Waals surface area contributed by atoms with Crippen LogP contribution in [-0.2, 0) is 23.8 Å². The SMILES string of the molecule is COC(=O)CCCOc1ccc(C(=O)CC(=O)C[C@H]2CO[C@@H](C[C@@H]3O[C@H]3[C@@H](C)[C@H](C)O)[C@H](O)[C@@H]2O)cc1. The normalized spacial score (nSPS) is 28.7. The van der Waals surface area contributed by atoms with Gasteiger partial charge in [0.05, 0.1) is 57.3 Å². The van der Waals surface area contributed by atoms with Crippen LogP contribution in [0.3, 0.4) is 0 Å². The number of carbonyl (C=O) groups excluding carboxylic acids is 3. The highest BCUT2D eigenvalue weighted by atomic mass is 16.6. The van der Waals surface area contributed by atoms with E-state index >= 15 is 0 Å². The summed E-state index contributed by atoms with van der Waals surface area (Å²) >= 11 is 0. The number of methoxy groups -OCH3 is 1. The van der Waals surface area contributed by atoms with Crippen LogP contribution in [-0.4, -0.2) is 89.8 Å². The zero-order valence-corrected chi connectivity index (χ0v) is 21.6. The van der Waals surface area contributed by atoms with E-state index in [2.05, 4.69) is 4.74 Å². The number of Topliss-reactive ketones (excluding diaryl/α,β-unsaturated/α-hetero) is 2. The summed E-state index contributed by atoms with van der Waals surface area (Å²) in [6.45, 7) is 4.01. The number of ketones is 2. The number of rotatable bonds is 14. The van der Waals surface area contributed by atoms with Crippen molar-refractivity contribution in [1.29, 1.82) is 0 Å². The molecule has 37 heavy (non-hydrogen) atoms. The first kappa shape index (κ1) is 29.2. The van der Waals surface area contributed by atoms with Gasteiger partial charge in [-0.2, -0.15) is 0 Å². The molecule has 206 valence electrons. The van der Waals surface area contributed by atoms with E-state index in [9.17, 15) is 29.7 Å². The lowest BCUT2D eigenvalue weighted by atomic mass is 9.85.